The Morgan fingerprint density at radius 2 is 1.94 bits per heavy atom. The molecule has 2 rings (SSSR count). The number of halogens is 2. The molecule has 92 valence electrons. The largest absolute Gasteiger partial charge is 0.439 e. The molecule has 0 fully saturated rings. The smallest absolute Gasteiger partial charge is 0.219 e. The Labute approximate surface area is 101 Å². The molecule has 0 saturated carbocycles. The number of aromatic nitrogens is 1. The lowest BCUT2D eigenvalue weighted by Gasteiger charge is -2.06. The molecule has 1 aromatic carbocycles. The average Bonchev–Trinajstić information content (AvgIpc) is 2.35. The van der Waals surface area contributed by atoms with Crippen molar-refractivity contribution in [3.05, 3.63) is 53.7 Å². The van der Waals surface area contributed by atoms with E-state index in [1.807, 2.05) is 0 Å². The second-order valence-electron chi connectivity index (χ2n) is 3.32. The maximum atomic E-state index is 13.5. The van der Waals surface area contributed by atoms with Gasteiger partial charge in [-0.05, 0) is 6.07 Å². The second-order valence-corrected chi connectivity index (χ2v) is 3.32. The fraction of sp³-hybridized carbons (Fsp3) is 0. The monoisotopic (exact) mass is 250 g/mol. The van der Waals surface area contributed by atoms with Crippen molar-refractivity contribution in [3.63, 3.8) is 0 Å². The van der Waals surface area contributed by atoms with Crippen LogP contribution < -0.4 is 4.74 Å². The van der Waals surface area contributed by atoms with E-state index in [1.165, 1.54) is 6.20 Å². The maximum Gasteiger partial charge on any atom is 0.219 e. The highest BCUT2D eigenvalue weighted by Crippen LogP contribution is 2.23. The minimum absolute atomic E-state index is 0.0289. The van der Waals surface area contributed by atoms with Gasteiger partial charge in [0.05, 0.1) is 11.8 Å². The average molecular weight is 250 g/mol. The Hall–Kier alpha value is -2.50. The van der Waals surface area contributed by atoms with Crippen LogP contribution in [-0.2, 0) is 0 Å². The van der Waals surface area contributed by atoms with E-state index < -0.39 is 17.2 Å². The molecule has 4 nitrogen and oxygen atoms in total. The van der Waals surface area contributed by atoms with Gasteiger partial charge >= 0.3 is 0 Å². The van der Waals surface area contributed by atoms with E-state index in [0.717, 1.165) is 12.1 Å². The zero-order chi connectivity index (χ0) is 13.0. The summed E-state index contributed by atoms with van der Waals surface area (Å²) in [7, 11) is 0. The van der Waals surface area contributed by atoms with Gasteiger partial charge in [-0.1, -0.05) is 11.2 Å². The predicted octanol–water partition coefficient (Wildman–Crippen LogP) is 2.96. The van der Waals surface area contributed by atoms with Crippen molar-refractivity contribution in [3.8, 4) is 11.6 Å². The summed E-state index contributed by atoms with van der Waals surface area (Å²) in [6, 6.07) is 6.89. The molecule has 1 N–H and O–H groups in total. The summed E-state index contributed by atoms with van der Waals surface area (Å²) in [6.45, 7) is 0. The Balaban J connectivity index is 2.31. The van der Waals surface area contributed by atoms with Gasteiger partial charge in [-0.15, -0.1) is 0 Å². The van der Waals surface area contributed by atoms with E-state index >= 15 is 0 Å². The maximum absolute atomic E-state index is 13.5. The minimum Gasteiger partial charge on any atom is -0.439 e. The van der Waals surface area contributed by atoms with Crippen molar-refractivity contribution in [1.29, 1.82) is 0 Å². The molecular formula is C12H8F2N2O2. The molecule has 18 heavy (non-hydrogen) atoms. The van der Waals surface area contributed by atoms with Gasteiger partial charge in [-0.25, -0.2) is 13.8 Å². The topological polar surface area (TPSA) is 54.7 Å². The molecule has 0 spiro atoms. The van der Waals surface area contributed by atoms with E-state index in [1.54, 1.807) is 18.2 Å². The standard InChI is InChI=1S/C12H8F2N2O2/c13-10-5-8(6-11(14)9(10)7-16-17)18-12-3-1-2-4-15-12/h1-7,17H/b16-7+. The summed E-state index contributed by atoms with van der Waals surface area (Å²) >= 11 is 0. The third kappa shape index (κ3) is 2.60. The summed E-state index contributed by atoms with van der Waals surface area (Å²) in [5.74, 6) is -1.59. The highest BCUT2D eigenvalue weighted by molar-refractivity contribution is 5.80. The second kappa shape index (κ2) is 5.22. The van der Waals surface area contributed by atoms with Gasteiger partial charge in [0.1, 0.15) is 17.4 Å². The third-order valence-electron chi connectivity index (χ3n) is 2.10. The Morgan fingerprint density at radius 1 is 1.22 bits per heavy atom. The van der Waals surface area contributed by atoms with Crippen LogP contribution in [0.25, 0.3) is 0 Å². The lowest BCUT2D eigenvalue weighted by atomic mass is 10.2. The van der Waals surface area contributed by atoms with Crippen molar-refractivity contribution >= 4 is 6.21 Å². The number of benzene rings is 1. The number of hydrogen-bond acceptors (Lipinski definition) is 4. The van der Waals surface area contributed by atoms with Crippen molar-refractivity contribution in [1.82, 2.24) is 4.98 Å². The SMILES string of the molecule is O/N=C/c1c(F)cc(Oc2ccccn2)cc1F. The first kappa shape index (κ1) is 12.0. The van der Waals surface area contributed by atoms with Gasteiger partial charge in [0.25, 0.3) is 0 Å². The zero-order valence-corrected chi connectivity index (χ0v) is 9.05. The molecule has 1 aromatic heterocycles. The lowest BCUT2D eigenvalue weighted by Crippen LogP contribution is -1.96. The Kier molecular flexibility index (Phi) is 3.47. The summed E-state index contributed by atoms with van der Waals surface area (Å²) in [6.07, 6.45) is 2.17. The van der Waals surface area contributed by atoms with Crippen molar-refractivity contribution in [2.24, 2.45) is 5.16 Å². The first-order valence-electron chi connectivity index (χ1n) is 4.96. The van der Waals surface area contributed by atoms with Crippen molar-refractivity contribution in [2.45, 2.75) is 0 Å². The molecule has 0 saturated heterocycles. The number of pyridine rings is 1. The van der Waals surface area contributed by atoms with Gasteiger partial charge < -0.3 is 9.94 Å². The van der Waals surface area contributed by atoms with Gasteiger partial charge in [0, 0.05) is 24.4 Å². The van der Waals surface area contributed by atoms with Gasteiger partial charge in [0.2, 0.25) is 5.88 Å². The molecule has 6 heteroatoms. The fourth-order valence-corrected chi connectivity index (χ4v) is 1.33. The number of oxime groups is 1. The van der Waals surface area contributed by atoms with E-state index in [9.17, 15) is 8.78 Å². The van der Waals surface area contributed by atoms with Crippen LogP contribution in [0.2, 0.25) is 0 Å². The molecule has 0 bridgehead atoms. The summed E-state index contributed by atoms with van der Waals surface area (Å²) < 4.78 is 32.1. The van der Waals surface area contributed by atoms with Crippen LogP contribution >= 0.6 is 0 Å². The molecule has 0 amide bonds. The zero-order valence-electron chi connectivity index (χ0n) is 9.05. The van der Waals surface area contributed by atoms with E-state index in [4.69, 9.17) is 9.94 Å². The van der Waals surface area contributed by atoms with E-state index in [-0.39, 0.29) is 11.6 Å². The molecule has 2 aromatic rings. The highest BCUT2D eigenvalue weighted by atomic mass is 19.1. The summed E-state index contributed by atoms with van der Waals surface area (Å²) in [5.41, 5.74) is -0.439. The third-order valence-corrected chi connectivity index (χ3v) is 2.10. The number of rotatable bonds is 3. The van der Waals surface area contributed by atoms with Crippen LogP contribution in [0, 0.1) is 11.6 Å². The fourth-order valence-electron chi connectivity index (χ4n) is 1.33. The number of ether oxygens (including phenoxy) is 1. The first-order chi connectivity index (χ1) is 8.70. The molecule has 0 unspecified atom stereocenters. The van der Waals surface area contributed by atoms with Gasteiger partial charge in [0.15, 0.2) is 0 Å². The molecule has 0 aliphatic heterocycles. The highest BCUT2D eigenvalue weighted by Gasteiger charge is 2.11. The molecular weight excluding hydrogens is 242 g/mol. The molecule has 1 heterocycles. The van der Waals surface area contributed by atoms with Crippen LogP contribution in [0.5, 0.6) is 11.6 Å². The van der Waals surface area contributed by atoms with Crippen LogP contribution in [0.3, 0.4) is 0 Å². The molecule has 0 aliphatic carbocycles. The predicted molar refractivity (Wildman–Crippen MR) is 60.0 cm³/mol. The van der Waals surface area contributed by atoms with E-state index in [2.05, 4.69) is 10.1 Å². The molecule has 0 aliphatic rings. The van der Waals surface area contributed by atoms with E-state index in [0.29, 0.717) is 6.21 Å². The number of hydrogen-bond donors (Lipinski definition) is 1. The summed E-state index contributed by atoms with van der Waals surface area (Å²) in [5, 5.41) is 10.9. The quantitative estimate of drug-likeness (QED) is 0.517. The van der Waals surface area contributed by atoms with Crippen LogP contribution in [0.4, 0.5) is 8.78 Å². The lowest BCUT2D eigenvalue weighted by molar-refractivity contribution is 0.321. The van der Waals surface area contributed by atoms with Crippen molar-refractivity contribution in [2.75, 3.05) is 0 Å². The first-order valence-corrected chi connectivity index (χ1v) is 4.96. The molecule has 0 atom stereocenters. The normalized spacial score (nSPS) is 10.8. The van der Waals surface area contributed by atoms with Gasteiger partial charge in [-0.2, -0.15) is 0 Å². The number of nitrogens with zero attached hydrogens (tertiary/aromatic N) is 2. The van der Waals surface area contributed by atoms with Gasteiger partial charge in [-0.3, -0.25) is 0 Å². The minimum atomic E-state index is -0.890. The van der Waals surface area contributed by atoms with Crippen LogP contribution in [0.15, 0.2) is 41.7 Å². The Morgan fingerprint density at radius 3 is 2.50 bits per heavy atom. The Bertz CT molecular complexity index is 551. The summed E-state index contributed by atoms with van der Waals surface area (Å²) in [4.78, 5) is 3.86. The van der Waals surface area contributed by atoms with Crippen LogP contribution in [-0.4, -0.2) is 16.4 Å². The van der Waals surface area contributed by atoms with Crippen LogP contribution in [0.1, 0.15) is 5.56 Å². The molecule has 0 radical (unpaired) electrons. The van der Waals surface area contributed by atoms with Crippen molar-refractivity contribution < 1.29 is 18.7 Å².